The van der Waals surface area contributed by atoms with Crippen molar-refractivity contribution in [3.8, 4) is 0 Å². The molecule has 0 aromatic heterocycles. The molecule has 0 spiro atoms. The van der Waals surface area contributed by atoms with Gasteiger partial charge < -0.3 is 0 Å². The molecule has 0 radical (unpaired) electrons. The van der Waals surface area contributed by atoms with Crippen LogP contribution < -0.4 is 0 Å². The fourth-order valence-corrected chi connectivity index (χ4v) is 10.8. The van der Waals surface area contributed by atoms with Crippen LogP contribution in [-0.4, -0.2) is 0 Å². The molecule has 0 saturated heterocycles. The van der Waals surface area contributed by atoms with Crippen LogP contribution in [0.2, 0.25) is 0 Å². The maximum atomic E-state index is 2.29. The SMILES string of the molecule is c1ccc2c(c1)ccc1c2ccc2c3ccc4ccccc4c3ccc12.c1ccc2c(c1)ccc1c2ccc2c3ccccc3ccc21.c1ccc2c(c1)ccc1c3ccccc3ccc21. The second-order valence-electron chi connectivity index (χ2n) is 17.5. The zero-order valence-corrected chi connectivity index (χ0v) is 36.2. The van der Waals surface area contributed by atoms with Crippen molar-refractivity contribution in [3.63, 3.8) is 0 Å². The molecule has 0 heterocycles. The molecular formula is C66H42. The quantitative estimate of drug-likeness (QED) is 0.134. The van der Waals surface area contributed by atoms with Crippen molar-refractivity contribution in [2.24, 2.45) is 0 Å². The van der Waals surface area contributed by atoms with E-state index in [2.05, 4.69) is 255 Å². The van der Waals surface area contributed by atoms with Gasteiger partial charge in [-0.15, -0.1) is 0 Å². The molecule has 0 nitrogen and oxygen atoms in total. The van der Waals surface area contributed by atoms with Crippen molar-refractivity contribution >= 4 is 129 Å². The van der Waals surface area contributed by atoms with E-state index in [0.717, 1.165) is 0 Å². The lowest BCUT2D eigenvalue weighted by atomic mass is 9.93. The molecule has 15 aromatic rings. The van der Waals surface area contributed by atoms with Crippen LogP contribution in [0.3, 0.4) is 0 Å². The van der Waals surface area contributed by atoms with Crippen molar-refractivity contribution in [1.29, 1.82) is 0 Å². The highest BCUT2D eigenvalue weighted by Crippen LogP contribution is 2.38. The molecule has 0 fully saturated rings. The minimum Gasteiger partial charge on any atom is -0.0616 e. The molecule has 306 valence electrons. The molecule has 66 heavy (non-hydrogen) atoms. The minimum absolute atomic E-state index is 1.30. The van der Waals surface area contributed by atoms with E-state index in [1.165, 1.54) is 129 Å². The molecule has 0 atom stereocenters. The first-order valence-corrected chi connectivity index (χ1v) is 22.9. The van der Waals surface area contributed by atoms with Crippen molar-refractivity contribution < 1.29 is 0 Å². The van der Waals surface area contributed by atoms with Crippen LogP contribution in [0.5, 0.6) is 0 Å². The largest absolute Gasteiger partial charge is 0.0616 e. The van der Waals surface area contributed by atoms with Crippen LogP contribution in [0, 0.1) is 0 Å². The highest BCUT2D eigenvalue weighted by Gasteiger charge is 2.10. The molecule has 15 rings (SSSR count). The van der Waals surface area contributed by atoms with E-state index >= 15 is 0 Å². The Kier molecular flexibility index (Phi) is 8.96. The van der Waals surface area contributed by atoms with E-state index < -0.39 is 0 Å². The molecule has 0 bridgehead atoms. The van der Waals surface area contributed by atoms with Gasteiger partial charge in [-0.3, -0.25) is 0 Å². The predicted molar refractivity (Wildman–Crippen MR) is 289 cm³/mol. The lowest BCUT2D eigenvalue weighted by Gasteiger charge is -2.11. The summed E-state index contributed by atoms with van der Waals surface area (Å²) in [7, 11) is 0. The Bertz CT molecular complexity index is 4120. The average molecular weight is 835 g/mol. The van der Waals surface area contributed by atoms with Gasteiger partial charge in [0.15, 0.2) is 0 Å². The van der Waals surface area contributed by atoms with Gasteiger partial charge in [-0.2, -0.15) is 0 Å². The normalized spacial score (nSPS) is 11.6. The van der Waals surface area contributed by atoms with Crippen LogP contribution in [-0.2, 0) is 0 Å². The lowest BCUT2D eigenvalue weighted by molar-refractivity contribution is 1.77. The van der Waals surface area contributed by atoms with E-state index in [1.54, 1.807) is 0 Å². The zero-order valence-electron chi connectivity index (χ0n) is 36.2. The summed E-state index contributed by atoms with van der Waals surface area (Å²) in [5.41, 5.74) is 0. The first-order chi connectivity index (χ1) is 32.7. The van der Waals surface area contributed by atoms with E-state index in [-0.39, 0.29) is 0 Å². The van der Waals surface area contributed by atoms with Crippen molar-refractivity contribution in [2.45, 2.75) is 0 Å². The third-order valence-electron chi connectivity index (χ3n) is 13.9. The van der Waals surface area contributed by atoms with E-state index in [1.807, 2.05) is 0 Å². The molecular weight excluding hydrogens is 793 g/mol. The molecule has 15 aromatic carbocycles. The van der Waals surface area contributed by atoms with Gasteiger partial charge in [0.05, 0.1) is 0 Å². The van der Waals surface area contributed by atoms with Gasteiger partial charge in [0, 0.05) is 0 Å². The smallest absolute Gasteiger partial charge is 0.00987 e. The van der Waals surface area contributed by atoms with Gasteiger partial charge in [0.2, 0.25) is 0 Å². The summed E-state index contributed by atoms with van der Waals surface area (Å²) in [5.74, 6) is 0. The monoisotopic (exact) mass is 834 g/mol. The second-order valence-corrected chi connectivity index (χ2v) is 17.5. The Balaban J connectivity index is 0.000000100. The van der Waals surface area contributed by atoms with Gasteiger partial charge in [0.25, 0.3) is 0 Å². The molecule has 0 aliphatic carbocycles. The zero-order chi connectivity index (χ0) is 43.6. The summed E-state index contributed by atoms with van der Waals surface area (Å²) in [5, 5.41) is 31.8. The molecule has 0 amide bonds. The van der Waals surface area contributed by atoms with Crippen LogP contribution in [0.25, 0.3) is 129 Å². The fourth-order valence-electron chi connectivity index (χ4n) is 10.8. The number of rotatable bonds is 0. The van der Waals surface area contributed by atoms with Gasteiger partial charge in [-0.1, -0.05) is 255 Å². The average Bonchev–Trinajstić information content (AvgIpc) is 3.40. The second kappa shape index (κ2) is 15.6. The Morgan fingerprint density at radius 2 is 0.212 bits per heavy atom. The van der Waals surface area contributed by atoms with E-state index in [9.17, 15) is 0 Å². The van der Waals surface area contributed by atoms with Crippen molar-refractivity contribution in [2.75, 3.05) is 0 Å². The van der Waals surface area contributed by atoms with Crippen LogP contribution in [0.1, 0.15) is 0 Å². The standard InChI is InChI=1S/C26H16.C22H14.C18H12/c1-3-7-19-17(5-1)9-11-23-21(19)13-15-26-24-12-10-18-6-2-4-8-20(18)22(24)14-16-25(23)26;1-3-7-17-15(5-1)9-11-21-19(17)13-14-20-18-8-4-2-6-16(18)10-12-22(20)21;1-3-7-15-13(5-1)9-11-18-16-8-4-2-6-14(16)10-12-17(15)18/h1-16H;1-14H;1-12H. The maximum absolute atomic E-state index is 2.29. The predicted octanol–water partition coefficient (Wildman–Crippen LogP) is 18.9. The molecule has 0 N–H and O–H groups in total. The minimum atomic E-state index is 1.30. The van der Waals surface area contributed by atoms with Gasteiger partial charge >= 0.3 is 0 Å². The summed E-state index contributed by atoms with van der Waals surface area (Å²) < 4.78 is 0. The Morgan fingerprint density at radius 1 is 0.0909 bits per heavy atom. The fraction of sp³-hybridized carbons (Fsp3) is 0. The molecule has 0 aliphatic rings. The van der Waals surface area contributed by atoms with Crippen LogP contribution in [0.15, 0.2) is 255 Å². The Morgan fingerprint density at radius 3 is 0.379 bits per heavy atom. The van der Waals surface area contributed by atoms with Crippen molar-refractivity contribution in [1.82, 2.24) is 0 Å². The van der Waals surface area contributed by atoms with Gasteiger partial charge in [-0.25, -0.2) is 0 Å². The molecule has 0 saturated carbocycles. The third kappa shape index (κ3) is 6.22. The molecule has 0 heteroatoms. The van der Waals surface area contributed by atoms with E-state index in [0.29, 0.717) is 0 Å². The number of hydrogen-bond donors (Lipinski definition) is 0. The summed E-state index contributed by atoms with van der Waals surface area (Å²) in [6, 6.07) is 92.2. The molecule has 0 aliphatic heterocycles. The summed E-state index contributed by atoms with van der Waals surface area (Å²) >= 11 is 0. The van der Waals surface area contributed by atoms with Crippen LogP contribution >= 0.6 is 0 Å². The number of hydrogen-bond acceptors (Lipinski definition) is 0. The highest BCUT2D eigenvalue weighted by atomic mass is 14.1. The van der Waals surface area contributed by atoms with Crippen LogP contribution in [0.4, 0.5) is 0 Å². The number of benzene rings is 15. The summed E-state index contributed by atoms with van der Waals surface area (Å²) in [4.78, 5) is 0. The van der Waals surface area contributed by atoms with Crippen molar-refractivity contribution in [3.05, 3.63) is 255 Å². The van der Waals surface area contributed by atoms with Gasteiger partial charge in [0.1, 0.15) is 0 Å². The third-order valence-corrected chi connectivity index (χ3v) is 13.9. The summed E-state index contributed by atoms with van der Waals surface area (Å²) in [6.45, 7) is 0. The highest BCUT2D eigenvalue weighted by molar-refractivity contribution is 6.25. The maximum Gasteiger partial charge on any atom is -0.00987 e. The number of fused-ring (bicyclic) bond motifs is 21. The molecule has 0 unspecified atom stereocenters. The Hall–Kier alpha value is -8.58. The first kappa shape index (κ1) is 37.9. The first-order valence-electron chi connectivity index (χ1n) is 22.9. The lowest BCUT2D eigenvalue weighted by Crippen LogP contribution is -1.83. The summed E-state index contributed by atoms with van der Waals surface area (Å²) in [6.07, 6.45) is 0. The van der Waals surface area contributed by atoms with E-state index in [4.69, 9.17) is 0 Å². The van der Waals surface area contributed by atoms with Gasteiger partial charge in [-0.05, 0) is 129 Å². The topological polar surface area (TPSA) is 0 Å². The Labute approximate surface area is 382 Å².